The lowest BCUT2D eigenvalue weighted by atomic mass is 9.70. The maximum atomic E-state index is 3.66. The lowest BCUT2D eigenvalue weighted by molar-refractivity contribution is 0.149. The monoisotopic (exact) mass is 169 g/mol. The van der Waals surface area contributed by atoms with Gasteiger partial charge in [0.2, 0.25) is 0 Å². The summed E-state index contributed by atoms with van der Waals surface area (Å²) in [5.74, 6) is 0. The molecule has 0 amide bonds. The maximum absolute atomic E-state index is 3.66. The second-order valence-electron chi connectivity index (χ2n) is 4.56. The van der Waals surface area contributed by atoms with Gasteiger partial charge in [-0.2, -0.15) is 0 Å². The van der Waals surface area contributed by atoms with Crippen molar-refractivity contribution in [2.24, 2.45) is 5.41 Å². The van der Waals surface area contributed by atoms with Gasteiger partial charge < -0.3 is 5.32 Å². The Bertz CT molecular complexity index is 123. The highest BCUT2D eigenvalue weighted by Crippen LogP contribution is 2.39. The van der Waals surface area contributed by atoms with Gasteiger partial charge in [-0.25, -0.2) is 0 Å². The van der Waals surface area contributed by atoms with E-state index < -0.39 is 0 Å². The zero-order valence-electron chi connectivity index (χ0n) is 8.82. The Morgan fingerprint density at radius 3 is 2.17 bits per heavy atom. The fraction of sp³-hybridized carbons (Fsp3) is 1.00. The van der Waals surface area contributed by atoms with E-state index in [-0.39, 0.29) is 0 Å². The van der Waals surface area contributed by atoms with Gasteiger partial charge >= 0.3 is 0 Å². The molecule has 0 aliphatic heterocycles. The van der Waals surface area contributed by atoms with Gasteiger partial charge in [0.05, 0.1) is 0 Å². The SMILES string of the molecule is CCC(CC)NCC1(C)CCC1. The first-order valence-electron chi connectivity index (χ1n) is 5.43. The van der Waals surface area contributed by atoms with Crippen LogP contribution in [-0.2, 0) is 0 Å². The summed E-state index contributed by atoms with van der Waals surface area (Å²) in [5, 5.41) is 3.66. The second-order valence-corrected chi connectivity index (χ2v) is 4.56. The van der Waals surface area contributed by atoms with Crippen LogP contribution in [0, 0.1) is 5.41 Å². The number of hydrogen-bond acceptors (Lipinski definition) is 1. The van der Waals surface area contributed by atoms with Crippen molar-refractivity contribution in [2.45, 2.75) is 58.9 Å². The molecule has 0 heterocycles. The molecule has 1 heteroatoms. The van der Waals surface area contributed by atoms with Crippen molar-refractivity contribution in [2.75, 3.05) is 6.54 Å². The minimum Gasteiger partial charge on any atom is -0.313 e. The molecule has 0 atom stereocenters. The standard InChI is InChI=1S/C11H23N/c1-4-10(5-2)12-9-11(3)7-6-8-11/h10,12H,4-9H2,1-3H3. The predicted octanol–water partition coefficient (Wildman–Crippen LogP) is 2.95. The minimum atomic E-state index is 0.641. The van der Waals surface area contributed by atoms with E-state index in [1.165, 1.54) is 38.6 Å². The van der Waals surface area contributed by atoms with Crippen LogP contribution in [0.5, 0.6) is 0 Å². The molecular formula is C11H23N. The molecule has 0 aromatic rings. The van der Waals surface area contributed by atoms with Crippen molar-refractivity contribution in [1.82, 2.24) is 5.32 Å². The highest BCUT2D eigenvalue weighted by atomic mass is 14.9. The molecule has 0 unspecified atom stereocenters. The molecule has 0 radical (unpaired) electrons. The van der Waals surface area contributed by atoms with Gasteiger partial charge in [-0.1, -0.05) is 27.2 Å². The largest absolute Gasteiger partial charge is 0.313 e. The number of hydrogen-bond donors (Lipinski definition) is 1. The molecule has 1 rings (SSSR count). The van der Waals surface area contributed by atoms with Gasteiger partial charge in [-0.15, -0.1) is 0 Å². The lowest BCUT2D eigenvalue weighted by Gasteiger charge is -2.39. The zero-order valence-corrected chi connectivity index (χ0v) is 8.82. The molecular weight excluding hydrogens is 146 g/mol. The van der Waals surface area contributed by atoms with Crippen molar-refractivity contribution in [3.8, 4) is 0 Å². The van der Waals surface area contributed by atoms with Crippen LogP contribution in [-0.4, -0.2) is 12.6 Å². The quantitative estimate of drug-likeness (QED) is 0.667. The van der Waals surface area contributed by atoms with Gasteiger partial charge in [0.15, 0.2) is 0 Å². The lowest BCUT2D eigenvalue weighted by Crippen LogP contribution is -2.41. The molecule has 1 nitrogen and oxygen atoms in total. The maximum Gasteiger partial charge on any atom is 0.00620 e. The summed E-state index contributed by atoms with van der Waals surface area (Å²) in [6.45, 7) is 8.18. The van der Waals surface area contributed by atoms with E-state index in [2.05, 4.69) is 26.1 Å². The Balaban J connectivity index is 2.14. The Morgan fingerprint density at radius 1 is 1.25 bits per heavy atom. The normalized spacial score (nSPS) is 21.0. The van der Waals surface area contributed by atoms with Crippen LogP contribution in [0.15, 0.2) is 0 Å². The topological polar surface area (TPSA) is 12.0 Å². The fourth-order valence-electron chi connectivity index (χ4n) is 1.93. The van der Waals surface area contributed by atoms with Crippen LogP contribution in [0.3, 0.4) is 0 Å². The third-order valence-corrected chi connectivity index (χ3v) is 3.36. The van der Waals surface area contributed by atoms with E-state index >= 15 is 0 Å². The first kappa shape index (κ1) is 10.0. The van der Waals surface area contributed by atoms with Gasteiger partial charge in [0, 0.05) is 12.6 Å². The third kappa shape index (κ3) is 2.48. The van der Waals surface area contributed by atoms with E-state index in [9.17, 15) is 0 Å². The Labute approximate surface area is 76.9 Å². The molecule has 12 heavy (non-hydrogen) atoms. The van der Waals surface area contributed by atoms with Crippen LogP contribution in [0.4, 0.5) is 0 Å². The predicted molar refractivity (Wildman–Crippen MR) is 54.3 cm³/mol. The fourth-order valence-corrected chi connectivity index (χ4v) is 1.93. The van der Waals surface area contributed by atoms with Crippen molar-refractivity contribution in [3.05, 3.63) is 0 Å². The summed E-state index contributed by atoms with van der Waals surface area (Å²) in [5.41, 5.74) is 0.641. The van der Waals surface area contributed by atoms with E-state index in [1.54, 1.807) is 0 Å². The summed E-state index contributed by atoms with van der Waals surface area (Å²) in [7, 11) is 0. The molecule has 0 aromatic heterocycles. The molecule has 1 aliphatic rings. The molecule has 1 saturated carbocycles. The van der Waals surface area contributed by atoms with Crippen LogP contribution in [0.2, 0.25) is 0 Å². The van der Waals surface area contributed by atoms with Crippen LogP contribution in [0.25, 0.3) is 0 Å². The van der Waals surface area contributed by atoms with E-state index in [4.69, 9.17) is 0 Å². The van der Waals surface area contributed by atoms with E-state index in [0.717, 1.165) is 6.04 Å². The van der Waals surface area contributed by atoms with Gasteiger partial charge in [-0.05, 0) is 31.1 Å². The van der Waals surface area contributed by atoms with Gasteiger partial charge in [-0.3, -0.25) is 0 Å². The van der Waals surface area contributed by atoms with Gasteiger partial charge in [0.25, 0.3) is 0 Å². The molecule has 1 aliphatic carbocycles. The summed E-state index contributed by atoms with van der Waals surface area (Å²) >= 11 is 0. The highest BCUT2D eigenvalue weighted by molar-refractivity contribution is 4.86. The summed E-state index contributed by atoms with van der Waals surface area (Å²) < 4.78 is 0. The molecule has 0 bridgehead atoms. The van der Waals surface area contributed by atoms with Crippen molar-refractivity contribution in [1.29, 1.82) is 0 Å². The summed E-state index contributed by atoms with van der Waals surface area (Å²) in [6.07, 6.45) is 6.85. The minimum absolute atomic E-state index is 0.641. The van der Waals surface area contributed by atoms with Crippen LogP contribution in [0.1, 0.15) is 52.9 Å². The third-order valence-electron chi connectivity index (χ3n) is 3.36. The number of nitrogens with one attached hydrogen (secondary N) is 1. The number of rotatable bonds is 5. The van der Waals surface area contributed by atoms with Crippen molar-refractivity contribution >= 4 is 0 Å². The molecule has 1 fully saturated rings. The first-order valence-corrected chi connectivity index (χ1v) is 5.43. The summed E-state index contributed by atoms with van der Waals surface area (Å²) in [6, 6.07) is 0.752. The summed E-state index contributed by atoms with van der Waals surface area (Å²) in [4.78, 5) is 0. The smallest absolute Gasteiger partial charge is 0.00620 e. The average molecular weight is 169 g/mol. The Kier molecular flexibility index (Phi) is 3.57. The van der Waals surface area contributed by atoms with Crippen molar-refractivity contribution < 1.29 is 0 Å². The highest BCUT2D eigenvalue weighted by Gasteiger charge is 2.31. The van der Waals surface area contributed by atoms with E-state index in [0.29, 0.717) is 5.41 Å². The average Bonchev–Trinajstić information content (AvgIpc) is 2.03. The first-order chi connectivity index (χ1) is 5.70. The zero-order chi connectivity index (χ0) is 9.03. The van der Waals surface area contributed by atoms with Crippen LogP contribution >= 0.6 is 0 Å². The Hall–Kier alpha value is -0.0400. The molecule has 0 spiro atoms. The second kappa shape index (κ2) is 4.27. The molecule has 72 valence electrons. The van der Waals surface area contributed by atoms with Crippen LogP contribution < -0.4 is 5.32 Å². The Morgan fingerprint density at radius 2 is 1.83 bits per heavy atom. The van der Waals surface area contributed by atoms with E-state index in [1.807, 2.05) is 0 Å². The van der Waals surface area contributed by atoms with Gasteiger partial charge in [0.1, 0.15) is 0 Å². The molecule has 0 saturated heterocycles. The molecule has 1 N–H and O–H groups in total. The van der Waals surface area contributed by atoms with Crippen molar-refractivity contribution in [3.63, 3.8) is 0 Å². The molecule has 0 aromatic carbocycles.